The predicted octanol–water partition coefficient (Wildman–Crippen LogP) is 9.74. The molecular weight excluding hydrogens is 448 g/mol. The number of rotatable bonds is 3. The molecule has 5 atom stereocenters. The van der Waals surface area contributed by atoms with Gasteiger partial charge in [0.15, 0.2) is 0 Å². The summed E-state index contributed by atoms with van der Waals surface area (Å²) in [6.45, 7) is 13.9. The zero-order valence-electron chi connectivity index (χ0n) is 23.5. The van der Waals surface area contributed by atoms with Crippen molar-refractivity contribution in [1.82, 2.24) is 0 Å². The highest BCUT2D eigenvalue weighted by atomic mass is 16.3. The van der Waals surface area contributed by atoms with Gasteiger partial charge in [-0.15, -0.1) is 0 Å². The summed E-state index contributed by atoms with van der Waals surface area (Å²) in [7, 11) is 0. The van der Waals surface area contributed by atoms with Crippen molar-refractivity contribution in [3.8, 4) is 0 Å². The molecule has 0 radical (unpaired) electrons. The van der Waals surface area contributed by atoms with Gasteiger partial charge < -0.3 is 5.11 Å². The average Bonchev–Trinajstić information content (AvgIpc) is 3.38. The minimum Gasteiger partial charge on any atom is -0.392 e. The number of benzene rings is 4. The molecule has 4 aromatic carbocycles. The summed E-state index contributed by atoms with van der Waals surface area (Å²) in [6, 6.07) is 30.3. The van der Waals surface area contributed by atoms with E-state index in [0.717, 1.165) is 17.4 Å². The van der Waals surface area contributed by atoms with Gasteiger partial charge in [-0.3, -0.25) is 0 Å². The Bertz CT molecular complexity index is 1260. The van der Waals surface area contributed by atoms with E-state index in [0.29, 0.717) is 17.8 Å². The van der Waals surface area contributed by atoms with Gasteiger partial charge in [0, 0.05) is 0 Å². The van der Waals surface area contributed by atoms with Crippen LogP contribution in [0.2, 0.25) is 0 Å². The fourth-order valence-corrected chi connectivity index (χ4v) is 5.88. The summed E-state index contributed by atoms with van der Waals surface area (Å²) in [5.41, 5.74) is 8.54. The van der Waals surface area contributed by atoms with Crippen LogP contribution in [0.25, 0.3) is 10.8 Å². The fourth-order valence-electron chi connectivity index (χ4n) is 5.88. The maximum atomic E-state index is 8.82. The van der Waals surface area contributed by atoms with Crippen molar-refractivity contribution in [3.63, 3.8) is 0 Å². The number of aliphatic hydroxyl groups excluding tert-OH is 1. The number of fused-ring (bicyclic) bond motifs is 1. The van der Waals surface area contributed by atoms with E-state index in [1.165, 1.54) is 40.3 Å². The van der Waals surface area contributed by atoms with Crippen LogP contribution in [0.5, 0.6) is 0 Å². The summed E-state index contributed by atoms with van der Waals surface area (Å²) >= 11 is 0. The van der Waals surface area contributed by atoms with Gasteiger partial charge >= 0.3 is 0 Å². The molecule has 194 valence electrons. The zero-order valence-corrected chi connectivity index (χ0v) is 23.5. The molecule has 0 bridgehead atoms. The van der Waals surface area contributed by atoms with Crippen LogP contribution in [0.15, 0.2) is 84.9 Å². The lowest BCUT2D eigenvalue weighted by Crippen LogP contribution is -1.97. The highest BCUT2D eigenvalue weighted by Gasteiger charge is 2.27. The number of hydrogen-bond acceptors (Lipinski definition) is 1. The summed E-state index contributed by atoms with van der Waals surface area (Å²) in [5, 5.41) is 11.7. The minimum atomic E-state index is 0.140. The molecule has 5 unspecified atom stereocenters. The minimum absolute atomic E-state index is 0.140. The van der Waals surface area contributed by atoms with Crippen LogP contribution in [0.4, 0.5) is 0 Å². The molecule has 0 amide bonds. The van der Waals surface area contributed by atoms with Crippen molar-refractivity contribution in [1.29, 1.82) is 0 Å². The van der Waals surface area contributed by atoms with Gasteiger partial charge in [0.05, 0.1) is 6.61 Å². The van der Waals surface area contributed by atoms with Crippen molar-refractivity contribution in [2.45, 2.75) is 84.7 Å². The molecule has 2 aliphatic rings. The summed E-state index contributed by atoms with van der Waals surface area (Å²) in [5.74, 6) is 3.59. The second kappa shape index (κ2) is 12.1. The van der Waals surface area contributed by atoms with Crippen LogP contribution in [0, 0.1) is 5.92 Å². The van der Waals surface area contributed by atoms with Gasteiger partial charge in [-0.25, -0.2) is 0 Å². The van der Waals surface area contributed by atoms with E-state index in [2.05, 4.69) is 114 Å². The average molecular weight is 493 g/mol. The van der Waals surface area contributed by atoms with Crippen LogP contribution < -0.4 is 0 Å². The number of hydrogen-bond donors (Lipinski definition) is 1. The Balaban J connectivity index is 0.000000131. The molecule has 1 N–H and O–H groups in total. The second-order valence-electron chi connectivity index (χ2n) is 11.2. The van der Waals surface area contributed by atoms with E-state index in [1.54, 1.807) is 11.1 Å². The Morgan fingerprint density at radius 1 is 0.703 bits per heavy atom. The smallest absolute Gasteiger partial charge is 0.0681 e. The molecule has 37 heavy (non-hydrogen) atoms. The predicted molar refractivity (Wildman–Crippen MR) is 160 cm³/mol. The highest BCUT2D eigenvalue weighted by Crippen LogP contribution is 2.45. The topological polar surface area (TPSA) is 20.2 Å². The molecule has 0 heterocycles. The van der Waals surface area contributed by atoms with Gasteiger partial charge in [-0.2, -0.15) is 0 Å². The quantitative estimate of drug-likeness (QED) is 0.302. The molecule has 1 heteroatoms. The third-order valence-electron chi connectivity index (χ3n) is 8.99. The third kappa shape index (κ3) is 5.83. The normalized spacial score (nSPS) is 21.9. The SMILES string of the molecule is CC1Cc2ccccc2C1C.CC1c2cccc3cccc(c23)C1C.CCC(C)c1ccc(CO)cc1. The fraction of sp³-hybridized carbons (Fsp3) is 0.389. The molecule has 0 saturated heterocycles. The van der Waals surface area contributed by atoms with Gasteiger partial charge in [-0.05, 0) is 86.6 Å². The first-order chi connectivity index (χ1) is 17.8. The number of aliphatic hydroxyl groups is 1. The van der Waals surface area contributed by atoms with E-state index in [-0.39, 0.29) is 6.61 Å². The molecule has 2 aliphatic carbocycles. The van der Waals surface area contributed by atoms with Crippen LogP contribution in [0.1, 0.15) is 105 Å². The molecule has 0 spiro atoms. The van der Waals surface area contributed by atoms with Crippen LogP contribution in [-0.4, -0.2) is 5.11 Å². The van der Waals surface area contributed by atoms with E-state index in [4.69, 9.17) is 5.11 Å². The molecule has 0 saturated carbocycles. The Morgan fingerprint density at radius 3 is 1.81 bits per heavy atom. The summed E-state index contributed by atoms with van der Waals surface area (Å²) in [4.78, 5) is 0. The van der Waals surface area contributed by atoms with Crippen molar-refractivity contribution in [2.75, 3.05) is 0 Å². The first kappa shape index (κ1) is 27.1. The van der Waals surface area contributed by atoms with Crippen LogP contribution in [0.3, 0.4) is 0 Å². The maximum Gasteiger partial charge on any atom is 0.0681 e. The van der Waals surface area contributed by atoms with Gasteiger partial charge in [0.2, 0.25) is 0 Å². The van der Waals surface area contributed by atoms with E-state index < -0.39 is 0 Å². The lowest BCUT2D eigenvalue weighted by molar-refractivity contribution is 0.282. The van der Waals surface area contributed by atoms with Gasteiger partial charge in [0.25, 0.3) is 0 Å². The van der Waals surface area contributed by atoms with Crippen molar-refractivity contribution >= 4 is 10.8 Å². The highest BCUT2D eigenvalue weighted by molar-refractivity contribution is 5.92. The lowest BCUT2D eigenvalue weighted by Gasteiger charge is -2.10. The largest absolute Gasteiger partial charge is 0.392 e. The first-order valence-electron chi connectivity index (χ1n) is 14.1. The molecular formula is C36H44O. The third-order valence-corrected chi connectivity index (χ3v) is 8.99. The summed E-state index contributed by atoms with van der Waals surface area (Å²) in [6.07, 6.45) is 2.44. The molecule has 1 nitrogen and oxygen atoms in total. The van der Waals surface area contributed by atoms with Crippen molar-refractivity contribution < 1.29 is 5.11 Å². The Hall–Kier alpha value is -2.90. The first-order valence-corrected chi connectivity index (χ1v) is 14.1. The van der Waals surface area contributed by atoms with E-state index in [9.17, 15) is 0 Å². The van der Waals surface area contributed by atoms with Gasteiger partial charge in [0.1, 0.15) is 0 Å². The molecule has 6 rings (SSSR count). The van der Waals surface area contributed by atoms with E-state index in [1.807, 2.05) is 12.1 Å². The maximum absolute atomic E-state index is 8.82. The van der Waals surface area contributed by atoms with Crippen molar-refractivity contribution in [2.24, 2.45) is 5.92 Å². The van der Waals surface area contributed by atoms with E-state index >= 15 is 0 Å². The summed E-state index contributed by atoms with van der Waals surface area (Å²) < 4.78 is 0. The van der Waals surface area contributed by atoms with Crippen molar-refractivity contribution in [3.05, 3.63) is 118 Å². The molecule has 4 aromatic rings. The van der Waals surface area contributed by atoms with Crippen LogP contribution in [-0.2, 0) is 13.0 Å². The Kier molecular flexibility index (Phi) is 8.87. The second-order valence-corrected chi connectivity index (χ2v) is 11.2. The Labute approximate surface area is 224 Å². The Morgan fingerprint density at radius 2 is 1.27 bits per heavy atom. The van der Waals surface area contributed by atoms with Gasteiger partial charge in [-0.1, -0.05) is 126 Å². The molecule has 0 aliphatic heterocycles. The van der Waals surface area contributed by atoms with Crippen LogP contribution >= 0.6 is 0 Å². The lowest BCUT2D eigenvalue weighted by atomic mass is 9.94. The molecule has 0 fully saturated rings. The zero-order chi connectivity index (χ0) is 26.5. The monoisotopic (exact) mass is 492 g/mol. The standard InChI is InChI=1S/C14H14.C11H16O.C11H14/c1-9-10(2)13-8-4-6-11-5-3-7-12(9)14(11)13;1-3-9(2)11-6-4-10(8-12)5-7-11;1-8-7-10-5-3-4-6-11(10)9(8)2/h3-10H,1-2H3;4-7,9,12H,3,8H2,1-2H3;3-6,8-9H,7H2,1-2H3. The molecule has 0 aromatic heterocycles.